The van der Waals surface area contributed by atoms with Crippen LogP contribution in [0.4, 0.5) is 0 Å². The lowest BCUT2D eigenvalue weighted by molar-refractivity contribution is 0.0955. The van der Waals surface area contributed by atoms with Crippen LogP contribution < -0.4 is 5.43 Å². The Morgan fingerprint density at radius 2 is 2.17 bits per heavy atom. The first-order chi connectivity index (χ1) is 8.66. The highest BCUT2D eigenvalue weighted by Gasteiger charge is 2.09. The van der Waals surface area contributed by atoms with Crippen molar-refractivity contribution in [2.24, 2.45) is 5.10 Å². The van der Waals surface area contributed by atoms with Crippen LogP contribution in [0.1, 0.15) is 16.1 Å². The van der Waals surface area contributed by atoms with Crippen molar-refractivity contribution in [1.29, 1.82) is 0 Å². The summed E-state index contributed by atoms with van der Waals surface area (Å²) in [4.78, 5) is 11.7. The van der Waals surface area contributed by atoms with Gasteiger partial charge in [0.05, 0.1) is 23.1 Å². The number of rotatable bonds is 3. The Morgan fingerprint density at radius 3 is 2.83 bits per heavy atom. The zero-order valence-electron chi connectivity index (χ0n) is 9.06. The summed E-state index contributed by atoms with van der Waals surface area (Å²) in [6.45, 7) is 0. The molecule has 0 aliphatic heterocycles. The molecule has 0 spiro atoms. The van der Waals surface area contributed by atoms with Gasteiger partial charge in [-0.1, -0.05) is 23.2 Å². The van der Waals surface area contributed by atoms with Crippen LogP contribution in [0.2, 0.25) is 10.0 Å². The van der Waals surface area contributed by atoms with E-state index in [1.165, 1.54) is 24.6 Å². The number of furan rings is 1. The van der Waals surface area contributed by atoms with Gasteiger partial charge in [0, 0.05) is 5.02 Å². The number of hydrogen-bond acceptors (Lipinski definition) is 3. The third-order valence-corrected chi connectivity index (χ3v) is 2.62. The number of amides is 1. The summed E-state index contributed by atoms with van der Waals surface area (Å²) in [6, 6.07) is 8.04. The highest BCUT2D eigenvalue weighted by atomic mass is 35.5. The van der Waals surface area contributed by atoms with Crippen molar-refractivity contribution < 1.29 is 9.21 Å². The Kier molecular flexibility index (Phi) is 4.02. The number of carbonyl (C=O) groups is 1. The SMILES string of the molecule is O=C(N/N=C\c1ccco1)c1ccc(Cl)cc1Cl. The van der Waals surface area contributed by atoms with Gasteiger partial charge in [-0.3, -0.25) is 4.79 Å². The molecule has 2 rings (SSSR count). The average Bonchev–Trinajstić information content (AvgIpc) is 2.81. The topological polar surface area (TPSA) is 54.6 Å². The van der Waals surface area contributed by atoms with Crippen LogP contribution in [-0.4, -0.2) is 12.1 Å². The van der Waals surface area contributed by atoms with E-state index in [4.69, 9.17) is 27.6 Å². The van der Waals surface area contributed by atoms with E-state index >= 15 is 0 Å². The van der Waals surface area contributed by atoms with Crippen LogP contribution in [0.5, 0.6) is 0 Å². The van der Waals surface area contributed by atoms with E-state index in [-0.39, 0.29) is 5.02 Å². The van der Waals surface area contributed by atoms with Gasteiger partial charge in [0.25, 0.3) is 5.91 Å². The van der Waals surface area contributed by atoms with Crippen LogP contribution in [-0.2, 0) is 0 Å². The number of nitrogens with one attached hydrogen (secondary N) is 1. The molecule has 0 bridgehead atoms. The first-order valence-corrected chi connectivity index (χ1v) is 5.74. The molecule has 0 atom stereocenters. The number of carbonyl (C=O) groups excluding carboxylic acids is 1. The predicted octanol–water partition coefficient (Wildman–Crippen LogP) is 3.35. The fourth-order valence-electron chi connectivity index (χ4n) is 1.25. The third kappa shape index (κ3) is 3.12. The standard InChI is InChI=1S/C12H8Cl2N2O2/c13-8-3-4-10(11(14)6-8)12(17)16-15-7-9-2-1-5-18-9/h1-7H,(H,16,17)/b15-7-. The van der Waals surface area contributed by atoms with Gasteiger partial charge in [-0.05, 0) is 30.3 Å². The second kappa shape index (κ2) is 5.71. The minimum Gasteiger partial charge on any atom is -0.463 e. The second-order valence-corrected chi connectivity index (χ2v) is 4.18. The molecular weight excluding hydrogens is 275 g/mol. The molecule has 1 aromatic heterocycles. The lowest BCUT2D eigenvalue weighted by Gasteiger charge is -2.02. The molecule has 0 fully saturated rings. The summed E-state index contributed by atoms with van der Waals surface area (Å²) >= 11 is 11.6. The maximum Gasteiger partial charge on any atom is 0.272 e. The maximum atomic E-state index is 11.7. The van der Waals surface area contributed by atoms with Crippen molar-refractivity contribution in [1.82, 2.24) is 5.43 Å². The van der Waals surface area contributed by atoms with E-state index < -0.39 is 5.91 Å². The summed E-state index contributed by atoms with van der Waals surface area (Å²) in [5.41, 5.74) is 2.64. The smallest absolute Gasteiger partial charge is 0.272 e. The van der Waals surface area contributed by atoms with Crippen LogP contribution in [0.3, 0.4) is 0 Å². The number of hydrazone groups is 1. The fraction of sp³-hybridized carbons (Fsp3) is 0. The molecule has 1 amide bonds. The average molecular weight is 283 g/mol. The molecular formula is C12H8Cl2N2O2. The molecule has 1 aromatic carbocycles. The molecule has 0 saturated carbocycles. The van der Waals surface area contributed by atoms with Crippen LogP contribution in [0, 0.1) is 0 Å². The highest BCUT2D eigenvalue weighted by Crippen LogP contribution is 2.20. The third-order valence-electron chi connectivity index (χ3n) is 2.08. The van der Waals surface area contributed by atoms with Gasteiger partial charge in [0.2, 0.25) is 0 Å². The summed E-state index contributed by atoms with van der Waals surface area (Å²) in [5, 5.41) is 4.48. The van der Waals surface area contributed by atoms with Crippen molar-refractivity contribution in [3.63, 3.8) is 0 Å². The fourth-order valence-corrected chi connectivity index (χ4v) is 1.75. The molecule has 18 heavy (non-hydrogen) atoms. The number of nitrogens with zero attached hydrogens (tertiary/aromatic N) is 1. The largest absolute Gasteiger partial charge is 0.463 e. The molecule has 6 heteroatoms. The van der Waals surface area contributed by atoms with E-state index in [2.05, 4.69) is 10.5 Å². The van der Waals surface area contributed by atoms with Crippen LogP contribution in [0.25, 0.3) is 0 Å². The summed E-state index contributed by atoms with van der Waals surface area (Å²) in [5.74, 6) is 0.122. The van der Waals surface area contributed by atoms with Crippen molar-refractivity contribution in [2.45, 2.75) is 0 Å². The van der Waals surface area contributed by atoms with Gasteiger partial charge in [-0.25, -0.2) is 5.43 Å². The zero-order chi connectivity index (χ0) is 13.0. The Balaban J connectivity index is 2.04. The normalized spacial score (nSPS) is 10.8. The van der Waals surface area contributed by atoms with Crippen molar-refractivity contribution >= 4 is 35.3 Å². The molecule has 1 heterocycles. The second-order valence-electron chi connectivity index (χ2n) is 3.34. The Hall–Kier alpha value is -1.78. The van der Waals surface area contributed by atoms with Crippen LogP contribution in [0.15, 0.2) is 46.1 Å². The predicted molar refractivity (Wildman–Crippen MR) is 70.2 cm³/mol. The lowest BCUT2D eigenvalue weighted by atomic mass is 10.2. The Morgan fingerprint density at radius 1 is 1.33 bits per heavy atom. The Labute approximate surface area is 113 Å². The minimum atomic E-state index is -0.417. The monoisotopic (exact) mass is 282 g/mol. The van der Waals surface area contributed by atoms with Gasteiger partial charge < -0.3 is 4.42 Å². The summed E-state index contributed by atoms with van der Waals surface area (Å²) in [6.07, 6.45) is 2.90. The van der Waals surface area contributed by atoms with E-state index in [0.717, 1.165) is 0 Å². The van der Waals surface area contributed by atoms with Gasteiger partial charge in [-0.2, -0.15) is 5.10 Å². The van der Waals surface area contributed by atoms with E-state index in [1.54, 1.807) is 18.2 Å². The Bertz CT molecular complexity index is 580. The van der Waals surface area contributed by atoms with E-state index in [1.807, 2.05) is 0 Å². The zero-order valence-corrected chi connectivity index (χ0v) is 10.6. The molecule has 0 unspecified atom stereocenters. The van der Waals surface area contributed by atoms with E-state index in [0.29, 0.717) is 16.3 Å². The van der Waals surface area contributed by atoms with Gasteiger partial charge in [0.1, 0.15) is 5.76 Å². The van der Waals surface area contributed by atoms with Crippen molar-refractivity contribution in [3.05, 3.63) is 58.0 Å². The lowest BCUT2D eigenvalue weighted by Crippen LogP contribution is -2.17. The highest BCUT2D eigenvalue weighted by molar-refractivity contribution is 6.36. The quantitative estimate of drug-likeness (QED) is 0.693. The summed E-state index contributed by atoms with van der Waals surface area (Å²) in [7, 11) is 0. The molecule has 92 valence electrons. The number of hydrogen-bond donors (Lipinski definition) is 1. The van der Waals surface area contributed by atoms with Gasteiger partial charge in [-0.15, -0.1) is 0 Å². The van der Waals surface area contributed by atoms with Gasteiger partial charge in [0.15, 0.2) is 0 Å². The molecule has 0 aliphatic rings. The molecule has 4 nitrogen and oxygen atoms in total. The van der Waals surface area contributed by atoms with E-state index in [9.17, 15) is 4.79 Å². The van der Waals surface area contributed by atoms with Crippen LogP contribution >= 0.6 is 23.2 Å². The first-order valence-electron chi connectivity index (χ1n) is 4.99. The minimum absolute atomic E-state index is 0.271. The molecule has 0 aliphatic carbocycles. The first kappa shape index (κ1) is 12.7. The maximum absolute atomic E-state index is 11.7. The number of halogens is 2. The molecule has 1 N–H and O–H groups in total. The number of benzene rings is 1. The molecule has 2 aromatic rings. The van der Waals surface area contributed by atoms with Crippen molar-refractivity contribution in [2.75, 3.05) is 0 Å². The summed E-state index contributed by atoms with van der Waals surface area (Å²) < 4.78 is 5.02. The van der Waals surface area contributed by atoms with Gasteiger partial charge >= 0.3 is 0 Å². The molecule has 0 saturated heterocycles. The molecule has 0 radical (unpaired) electrons. The van der Waals surface area contributed by atoms with Crippen molar-refractivity contribution in [3.8, 4) is 0 Å².